The molecule has 0 heterocycles. The van der Waals surface area contributed by atoms with E-state index < -0.39 is 0 Å². The van der Waals surface area contributed by atoms with Crippen LogP contribution in [0.3, 0.4) is 0 Å². The lowest BCUT2D eigenvalue weighted by Crippen LogP contribution is -1.95. The van der Waals surface area contributed by atoms with Crippen LogP contribution in [0, 0.1) is 0 Å². The Hall–Kier alpha value is -3.78. The van der Waals surface area contributed by atoms with Gasteiger partial charge in [-0.1, -0.05) is 84.9 Å². The molecule has 30 heavy (non-hydrogen) atoms. The summed E-state index contributed by atoms with van der Waals surface area (Å²) in [5.74, 6) is 1.66. The fraction of sp³-hybridized carbons (Fsp3) is 0.0714. The topological polar surface area (TPSA) is 18.5 Å². The van der Waals surface area contributed by atoms with Crippen molar-refractivity contribution in [3.8, 4) is 33.8 Å². The Morgan fingerprint density at radius 2 is 0.833 bits per heavy atom. The second kappa shape index (κ2) is 7.57. The van der Waals surface area contributed by atoms with Gasteiger partial charge in [-0.05, 0) is 44.8 Å². The zero-order valence-corrected chi connectivity index (χ0v) is 17.1. The molecule has 5 rings (SSSR count). The molecule has 0 aliphatic carbocycles. The van der Waals surface area contributed by atoms with Crippen molar-refractivity contribution in [1.29, 1.82) is 0 Å². The van der Waals surface area contributed by atoms with Crippen molar-refractivity contribution in [2.24, 2.45) is 0 Å². The van der Waals surface area contributed by atoms with Crippen molar-refractivity contribution in [2.45, 2.75) is 0 Å². The Morgan fingerprint density at radius 3 is 1.27 bits per heavy atom. The largest absolute Gasteiger partial charge is 0.496 e. The molecule has 0 N–H and O–H groups in total. The van der Waals surface area contributed by atoms with Crippen molar-refractivity contribution < 1.29 is 9.47 Å². The Labute approximate surface area is 176 Å². The molecule has 0 amide bonds. The smallest absolute Gasteiger partial charge is 0.127 e. The van der Waals surface area contributed by atoms with Crippen LogP contribution in [0.1, 0.15) is 0 Å². The molecular weight excluding hydrogens is 368 g/mol. The maximum absolute atomic E-state index is 5.87. The van der Waals surface area contributed by atoms with Crippen LogP contribution in [0.5, 0.6) is 11.5 Å². The molecule has 0 aromatic heterocycles. The molecule has 0 aliphatic rings. The van der Waals surface area contributed by atoms with Gasteiger partial charge in [-0.2, -0.15) is 0 Å². The van der Waals surface area contributed by atoms with Gasteiger partial charge < -0.3 is 9.47 Å². The van der Waals surface area contributed by atoms with Crippen molar-refractivity contribution in [2.75, 3.05) is 14.2 Å². The minimum absolute atomic E-state index is 0.829. The SMILES string of the molecule is COc1cc(-c2cccc3ccccc23)c(OC)cc1-c1cccc2ccccc12. The van der Waals surface area contributed by atoms with Crippen molar-refractivity contribution >= 4 is 21.5 Å². The number of rotatable bonds is 4. The summed E-state index contributed by atoms with van der Waals surface area (Å²) in [6.07, 6.45) is 0. The fourth-order valence-corrected chi connectivity index (χ4v) is 4.24. The monoisotopic (exact) mass is 390 g/mol. The molecule has 2 heteroatoms. The molecule has 0 bridgehead atoms. The highest BCUT2D eigenvalue weighted by molar-refractivity contribution is 6.01. The predicted molar refractivity (Wildman–Crippen MR) is 125 cm³/mol. The summed E-state index contributed by atoms with van der Waals surface area (Å²) < 4.78 is 11.7. The first-order valence-electron chi connectivity index (χ1n) is 10.0. The molecule has 5 aromatic rings. The molecule has 0 unspecified atom stereocenters. The molecule has 5 aromatic carbocycles. The van der Waals surface area contributed by atoms with E-state index in [1.165, 1.54) is 21.5 Å². The van der Waals surface area contributed by atoms with Crippen molar-refractivity contribution in [3.63, 3.8) is 0 Å². The lowest BCUT2D eigenvalue weighted by atomic mass is 9.92. The van der Waals surface area contributed by atoms with E-state index in [2.05, 4.69) is 97.1 Å². The number of hydrogen-bond donors (Lipinski definition) is 0. The van der Waals surface area contributed by atoms with E-state index in [4.69, 9.17) is 9.47 Å². The summed E-state index contributed by atoms with van der Waals surface area (Å²) in [5, 5.41) is 4.79. The maximum Gasteiger partial charge on any atom is 0.127 e. The van der Waals surface area contributed by atoms with Crippen LogP contribution in [0.15, 0.2) is 97.1 Å². The van der Waals surface area contributed by atoms with Gasteiger partial charge in [-0.15, -0.1) is 0 Å². The van der Waals surface area contributed by atoms with Gasteiger partial charge in [0.2, 0.25) is 0 Å². The molecule has 146 valence electrons. The van der Waals surface area contributed by atoms with E-state index >= 15 is 0 Å². The molecule has 0 saturated carbocycles. The van der Waals surface area contributed by atoms with Crippen LogP contribution in [0.2, 0.25) is 0 Å². The van der Waals surface area contributed by atoms with Gasteiger partial charge in [0, 0.05) is 11.1 Å². The van der Waals surface area contributed by atoms with E-state index in [0.29, 0.717) is 0 Å². The lowest BCUT2D eigenvalue weighted by Gasteiger charge is -2.17. The van der Waals surface area contributed by atoms with Crippen LogP contribution >= 0.6 is 0 Å². The van der Waals surface area contributed by atoms with E-state index in [9.17, 15) is 0 Å². The summed E-state index contributed by atoms with van der Waals surface area (Å²) >= 11 is 0. The highest BCUT2D eigenvalue weighted by Crippen LogP contribution is 2.44. The minimum Gasteiger partial charge on any atom is -0.496 e. The van der Waals surface area contributed by atoms with E-state index in [-0.39, 0.29) is 0 Å². The number of methoxy groups -OCH3 is 2. The van der Waals surface area contributed by atoms with Gasteiger partial charge in [0.15, 0.2) is 0 Å². The summed E-state index contributed by atoms with van der Waals surface area (Å²) in [6, 6.07) is 33.7. The zero-order chi connectivity index (χ0) is 20.5. The summed E-state index contributed by atoms with van der Waals surface area (Å²) in [7, 11) is 3.45. The number of hydrogen-bond acceptors (Lipinski definition) is 2. The molecule has 0 atom stereocenters. The van der Waals surface area contributed by atoms with Gasteiger partial charge in [0.05, 0.1) is 14.2 Å². The van der Waals surface area contributed by atoms with Gasteiger partial charge in [0.1, 0.15) is 11.5 Å². The third kappa shape index (κ3) is 2.98. The number of ether oxygens (including phenoxy) is 2. The van der Waals surface area contributed by atoms with Crippen molar-refractivity contribution in [1.82, 2.24) is 0 Å². The van der Waals surface area contributed by atoms with Crippen LogP contribution in [0.4, 0.5) is 0 Å². The van der Waals surface area contributed by atoms with Gasteiger partial charge in [0.25, 0.3) is 0 Å². The molecule has 0 saturated heterocycles. The van der Waals surface area contributed by atoms with Gasteiger partial charge in [-0.3, -0.25) is 0 Å². The average Bonchev–Trinajstić information content (AvgIpc) is 2.82. The molecule has 0 aliphatic heterocycles. The minimum atomic E-state index is 0.829. The summed E-state index contributed by atoms with van der Waals surface area (Å²) in [4.78, 5) is 0. The molecular formula is C28H22O2. The third-order valence-electron chi connectivity index (χ3n) is 5.68. The predicted octanol–water partition coefficient (Wildman–Crippen LogP) is 7.34. The Kier molecular flexibility index (Phi) is 4.61. The number of benzene rings is 5. The van der Waals surface area contributed by atoms with Gasteiger partial charge in [-0.25, -0.2) is 0 Å². The van der Waals surface area contributed by atoms with Crippen LogP contribution < -0.4 is 9.47 Å². The first-order chi connectivity index (χ1) is 14.8. The van der Waals surface area contributed by atoms with E-state index in [1.54, 1.807) is 14.2 Å². The van der Waals surface area contributed by atoms with Crippen LogP contribution in [0.25, 0.3) is 43.8 Å². The maximum atomic E-state index is 5.87. The first kappa shape index (κ1) is 18.3. The Morgan fingerprint density at radius 1 is 0.433 bits per heavy atom. The van der Waals surface area contributed by atoms with Gasteiger partial charge >= 0.3 is 0 Å². The molecule has 0 spiro atoms. The van der Waals surface area contributed by atoms with Crippen LogP contribution in [-0.4, -0.2) is 14.2 Å². The molecule has 0 fully saturated rings. The molecule has 0 radical (unpaired) electrons. The van der Waals surface area contributed by atoms with Crippen molar-refractivity contribution in [3.05, 3.63) is 97.1 Å². The Balaban J connectivity index is 1.78. The third-order valence-corrected chi connectivity index (χ3v) is 5.68. The summed E-state index contributed by atoms with van der Waals surface area (Å²) in [5.41, 5.74) is 4.31. The quantitative estimate of drug-likeness (QED) is 0.319. The second-order valence-corrected chi connectivity index (χ2v) is 7.31. The second-order valence-electron chi connectivity index (χ2n) is 7.31. The Bertz CT molecular complexity index is 1250. The molecule has 2 nitrogen and oxygen atoms in total. The zero-order valence-electron chi connectivity index (χ0n) is 17.1. The van der Waals surface area contributed by atoms with E-state index in [1.807, 2.05) is 0 Å². The van der Waals surface area contributed by atoms with Crippen LogP contribution in [-0.2, 0) is 0 Å². The normalized spacial score (nSPS) is 11.0. The average molecular weight is 390 g/mol. The first-order valence-corrected chi connectivity index (χ1v) is 10.0. The standard InChI is InChI=1S/C28H22O2/c1-29-27-17-26(24-16-8-12-20-10-4-6-14-22(20)24)28(30-2)18-25(27)23-15-7-11-19-9-3-5-13-21(19)23/h3-18H,1-2H3. The highest BCUT2D eigenvalue weighted by atomic mass is 16.5. The lowest BCUT2D eigenvalue weighted by molar-refractivity contribution is 0.406. The fourth-order valence-electron chi connectivity index (χ4n) is 4.24. The summed E-state index contributed by atoms with van der Waals surface area (Å²) in [6.45, 7) is 0. The van der Waals surface area contributed by atoms with E-state index in [0.717, 1.165) is 33.8 Å². The highest BCUT2D eigenvalue weighted by Gasteiger charge is 2.17. The number of fused-ring (bicyclic) bond motifs is 2.